The maximum Gasteiger partial charge on any atom is 0.124 e. The molecule has 2 heterocycles. The Morgan fingerprint density at radius 2 is 2.00 bits per heavy atom. The highest BCUT2D eigenvalue weighted by atomic mass is 32.2. The van der Waals surface area contributed by atoms with Crippen LogP contribution in [0.3, 0.4) is 0 Å². The molecule has 2 aromatic carbocycles. The molecule has 3 aromatic rings. The second kappa shape index (κ2) is 8.67. The van der Waals surface area contributed by atoms with Gasteiger partial charge in [-0.3, -0.25) is 9.68 Å². The molecule has 1 unspecified atom stereocenters. The molecule has 1 aromatic heterocycles. The molecule has 5 nitrogen and oxygen atoms in total. The van der Waals surface area contributed by atoms with E-state index in [-0.39, 0.29) is 0 Å². The maximum absolute atomic E-state index is 11.9. The first-order valence-corrected chi connectivity index (χ1v) is 13.1. The SMILES string of the molecule is COc1cc(C)c2[nH]ccc2c1CN1CC[C@@H](C)C[C@H]1c1ccc(CS(C)(=N)=O)cc1. The minimum absolute atomic E-state index is 0.310. The second-order valence-corrected chi connectivity index (χ2v) is 11.4. The number of hydrogen-bond acceptors (Lipinski definition) is 4. The van der Waals surface area contributed by atoms with Gasteiger partial charge in [-0.25, -0.2) is 4.21 Å². The monoisotopic (exact) mass is 439 g/mol. The van der Waals surface area contributed by atoms with E-state index in [1.54, 1.807) is 7.11 Å². The quantitative estimate of drug-likeness (QED) is 0.523. The fourth-order valence-electron chi connectivity index (χ4n) is 4.86. The number of aryl methyl sites for hydroxylation is 1. The summed E-state index contributed by atoms with van der Waals surface area (Å²) in [6.45, 7) is 6.34. The van der Waals surface area contributed by atoms with Gasteiger partial charge in [0.1, 0.15) is 5.75 Å². The molecule has 0 radical (unpaired) electrons. The summed E-state index contributed by atoms with van der Waals surface area (Å²) in [6, 6.07) is 13.0. The summed E-state index contributed by atoms with van der Waals surface area (Å²) in [5, 5.41) is 1.23. The van der Waals surface area contributed by atoms with Crippen LogP contribution in [0.1, 0.15) is 48.1 Å². The van der Waals surface area contributed by atoms with Gasteiger partial charge in [0.05, 0.1) is 12.9 Å². The first-order valence-electron chi connectivity index (χ1n) is 10.9. The third kappa shape index (κ3) is 4.80. The molecule has 0 amide bonds. The first-order chi connectivity index (χ1) is 14.7. The van der Waals surface area contributed by atoms with Crippen molar-refractivity contribution in [2.75, 3.05) is 19.9 Å². The summed E-state index contributed by atoms with van der Waals surface area (Å²) in [4.78, 5) is 5.95. The molecule has 1 aliphatic heterocycles. The number of rotatable bonds is 6. The van der Waals surface area contributed by atoms with Gasteiger partial charge in [0.15, 0.2) is 0 Å². The van der Waals surface area contributed by atoms with Crippen LogP contribution in [0.2, 0.25) is 0 Å². The van der Waals surface area contributed by atoms with Crippen molar-refractivity contribution in [1.82, 2.24) is 9.88 Å². The number of hydrogen-bond donors (Lipinski definition) is 2. The lowest BCUT2D eigenvalue weighted by molar-refractivity contribution is 0.110. The summed E-state index contributed by atoms with van der Waals surface area (Å²) >= 11 is 0. The molecule has 1 aliphatic rings. The van der Waals surface area contributed by atoms with Gasteiger partial charge < -0.3 is 9.72 Å². The molecule has 166 valence electrons. The van der Waals surface area contributed by atoms with E-state index in [0.717, 1.165) is 30.8 Å². The van der Waals surface area contributed by atoms with Crippen molar-refractivity contribution in [1.29, 1.82) is 4.78 Å². The van der Waals surface area contributed by atoms with Gasteiger partial charge in [-0.05, 0) is 61.1 Å². The van der Waals surface area contributed by atoms with E-state index in [1.165, 1.54) is 40.3 Å². The Bertz CT molecular complexity index is 1170. The minimum Gasteiger partial charge on any atom is -0.496 e. The van der Waals surface area contributed by atoms with Crippen molar-refractivity contribution in [2.24, 2.45) is 5.92 Å². The summed E-state index contributed by atoms with van der Waals surface area (Å²) in [5.41, 5.74) is 5.87. The molecule has 0 saturated carbocycles. The second-order valence-electron chi connectivity index (χ2n) is 9.15. The molecule has 0 bridgehead atoms. The molecule has 6 heteroatoms. The van der Waals surface area contributed by atoms with Gasteiger partial charge in [0.25, 0.3) is 0 Å². The van der Waals surface area contributed by atoms with Crippen LogP contribution in [0.15, 0.2) is 42.6 Å². The normalized spacial score (nSPS) is 21.8. The highest BCUT2D eigenvalue weighted by Crippen LogP contribution is 2.38. The number of nitrogens with one attached hydrogen (secondary N) is 2. The molecule has 2 N–H and O–H groups in total. The van der Waals surface area contributed by atoms with Crippen LogP contribution in [-0.4, -0.2) is 34.0 Å². The van der Waals surface area contributed by atoms with Crippen LogP contribution >= 0.6 is 0 Å². The number of ether oxygens (including phenoxy) is 1. The highest BCUT2D eigenvalue weighted by molar-refractivity contribution is 7.90. The van der Waals surface area contributed by atoms with E-state index in [2.05, 4.69) is 48.0 Å². The Balaban J connectivity index is 1.65. The third-order valence-corrected chi connectivity index (χ3v) is 7.36. The van der Waals surface area contributed by atoms with Crippen molar-refractivity contribution in [3.8, 4) is 5.75 Å². The lowest BCUT2D eigenvalue weighted by Gasteiger charge is -2.39. The molecule has 1 fully saturated rings. The summed E-state index contributed by atoms with van der Waals surface area (Å²) < 4.78 is 25.4. The first kappa shape index (κ1) is 21.9. The van der Waals surface area contributed by atoms with E-state index in [4.69, 9.17) is 9.52 Å². The largest absolute Gasteiger partial charge is 0.496 e. The number of H-pyrrole nitrogens is 1. The third-order valence-electron chi connectivity index (χ3n) is 6.47. The van der Waals surface area contributed by atoms with Gasteiger partial charge in [-0.2, -0.15) is 0 Å². The summed E-state index contributed by atoms with van der Waals surface area (Å²) in [6.07, 6.45) is 5.82. The molecule has 0 aliphatic carbocycles. The zero-order valence-corrected chi connectivity index (χ0v) is 19.7. The summed E-state index contributed by atoms with van der Waals surface area (Å²) in [7, 11) is -0.776. The van der Waals surface area contributed by atoms with Gasteiger partial charge in [0, 0.05) is 51.2 Å². The molecule has 31 heavy (non-hydrogen) atoms. The number of aromatic nitrogens is 1. The molecular formula is C25H33N3O2S. The highest BCUT2D eigenvalue weighted by Gasteiger charge is 2.29. The maximum atomic E-state index is 11.9. The lowest BCUT2D eigenvalue weighted by Crippen LogP contribution is -2.36. The van der Waals surface area contributed by atoms with Crippen LogP contribution in [0.4, 0.5) is 0 Å². The predicted octanol–water partition coefficient (Wildman–Crippen LogP) is 5.63. The van der Waals surface area contributed by atoms with Gasteiger partial charge in [-0.15, -0.1) is 0 Å². The molecule has 4 rings (SSSR count). The van der Waals surface area contributed by atoms with E-state index in [9.17, 15) is 4.21 Å². The van der Waals surface area contributed by atoms with Crippen molar-refractivity contribution in [3.05, 3.63) is 64.8 Å². The minimum atomic E-state index is -2.53. The van der Waals surface area contributed by atoms with E-state index < -0.39 is 9.73 Å². The number of aromatic amines is 1. The van der Waals surface area contributed by atoms with Crippen LogP contribution in [0, 0.1) is 17.6 Å². The standard InChI is InChI=1S/C25H33N3O2S/c1-17-10-12-28(15-22-21-9-11-27-25(21)18(2)14-24(22)30-3)23(13-17)20-7-5-19(6-8-20)16-31(4,26)29/h5-9,11,14,17,23,26-27H,10,12-13,15-16H2,1-4H3/t17-,23+,31?/m1/s1. The summed E-state index contributed by atoms with van der Waals surface area (Å²) in [5.74, 6) is 1.94. The van der Waals surface area contributed by atoms with Crippen LogP contribution in [0.5, 0.6) is 5.75 Å². The topological polar surface area (TPSA) is 69.2 Å². The number of benzene rings is 2. The van der Waals surface area contributed by atoms with Crippen LogP contribution in [-0.2, 0) is 22.0 Å². The van der Waals surface area contributed by atoms with E-state index in [1.807, 2.05) is 18.3 Å². The molecule has 0 spiro atoms. The fourth-order valence-corrected chi connectivity index (χ4v) is 5.69. The number of nitrogens with zero attached hydrogens (tertiary/aromatic N) is 1. The van der Waals surface area contributed by atoms with Crippen molar-refractivity contribution in [2.45, 2.75) is 45.0 Å². The number of methoxy groups -OCH3 is 1. The van der Waals surface area contributed by atoms with Gasteiger partial charge in [0.2, 0.25) is 0 Å². The Morgan fingerprint density at radius 1 is 1.26 bits per heavy atom. The smallest absolute Gasteiger partial charge is 0.124 e. The fraction of sp³-hybridized carbons (Fsp3) is 0.440. The average Bonchev–Trinajstić information content (AvgIpc) is 3.21. The van der Waals surface area contributed by atoms with Crippen molar-refractivity contribution in [3.63, 3.8) is 0 Å². The van der Waals surface area contributed by atoms with Crippen molar-refractivity contribution < 1.29 is 8.95 Å². The Labute approximate surface area is 185 Å². The molecule has 1 saturated heterocycles. The molecular weight excluding hydrogens is 406 g/mol. The van der Waals surface area contributed by atoms with Gasteiger partial charge in [-0.1, -0.05) is 31.2 Å². The van der Waals surface area contributed by atoms with E-state index in [0.29, 0.717) is 17.7 Å². The Morgan fingerprint density at radius 3 is 2.68 bits per heavy atom. The predicted molar refractivity (Wildman–Crippen MR) is 128 cm³/mol. The average molecular weight is 440 g/mol. The Kier molecular flexibility index (Phi) is 6.13. The number of likely N-dealkylation sites (tertiary alicyclic amines) is 1. The molecule has 3 atom stereocenters. The van der Waals surface area contributed by atoms with Crippen LogP contribution < -0.4 is 4.74 Å². The Hall–Kier alpha value is -2.31. The lowest BCUT2D eigenvalue weighted by atomic mass is 9.87. The number of piperidine rings is 1. The van der Waals surface area contributed by atoms with Crippen molar-refractivity contribution >= 4 is 20.6 Å². The number of fused-ring (bicyclic) bond motifs is 1. The zero-order chi connectivity index (χ0) is 22.2. The van der Waals surface area contributed by atoms with E-state index >= 15 is 0 Å². The zero-order valence-electron chi connectivity index (χ0n) is 18.9. The van der Waals surface area contributed by atoms with Gasteiger partial charge >= 0.3 is 0 Å². The van der Waals surface area contributed by atoms with Crippen LogP contribution in [0.25, 0.3) is 10.9 Å².